The van der Waals surface area contributed by atoms with Crippen molar-refractivity contribution in [3.8, 4) is 0 Å². The Bertz CT molecular complexity index is 827. The van der Waals surface area contributed by atoms with Crippen LogP contribution in [0.25, 0.3) is 5.65 Å². The van der Waals surface area contributed by atoms with E-state index in [1.807, 2.05) is 12.1 Å². The number of rotatable bonds is 2. The second-order valence-electron chi connectivity index (χ2n) is 6.32. The van der Waals surface area contributed by atoms with Crippen molar-refractivity contribution in [2.24, 2.45) is 0 Å². The Kier molecular flexibility index (Phi) is 2.82. The average molecular weight is 310 g/mol. The number of imidazole rings is 1. The first kappa shape index (κ1) is 13.0. The molecule has 2 aliphatic rings. The highest BCUT2D eigenvalue weighted by atomic mass is 15.6. The number of hydrogen-bond donors (Lipinski definition) is 1. The van der Waals surface area contributed by atoms with Crippen LogP contribution in [0.1, 0.15) is 48.9 Å². The van der Waals surface area contributed by atoms with Crippen LogP contribution in [0.15, 0.2) is 12.1 Å². The lowest BCUT2D eigenvalue weighted by atomic mass is 10.0. The van der Waals surface area contributed by atoms with Gasteiger partial charge in [0, 0.05) is 12.2 Å². The van der Waals surface area contributed by atoms with Crippen molar-refractivity contribution >= 4 is 11.5 Å². The van der Waals surface area contributed by atoms with Gasteiger partial charge in [-0.05, 0) is 61.1 Å². The van der Waals surface area contributed by atoms with Crippen LogP contribution in [-0.4, -0.2) is 41.8 Å². The summed E-state index contributed by atoms with van der Waals surface area (Å²) in [6, 6.07) is 4.17. The third-order valence-corrected chi connectivity index (χ3v) is 4.89. The van der Waals surface area contributed by atoms with E-state index < -0.39 is 0 Å². The van der Waals surface area contributed by atoms with Crippen LogP contribution in [-0.2, 0) is 12.8 Å². The predicted octanol–water partition coefficient (Wildman–Crippen LogP) is 1.46. The first-order valence-electron chi connectivity index (χ1n) is 8.28. The molecule has 3 aromatic heterocycles. The molecule has 118 valence electrons. The van der Waals surface area contributed by atoms with Crippen LogP contribution in [0.3, 0.4) is 0 Å². The van der Waals surface area contributed by atoms with Gasteiger partial charge < -0.3 is 9.88 Å². The molecule has 1 aliphatic heterocycles. The summed E-state index contributed by atoms with van der Waals surface area (Å²) in [6.07, 6.45) is 6.99. The molecule has 0 amide bonds. The van der Waals surface area contributed by atoms with Crippen molar-refractivity contribution in [1.29, 1.82) is 0 Å². The number of anilines is 1. The predicted molar refractivity (Wildman–Crippen MR) is 83.1 cm³/mol. The molecule has 8 nitrogen and oxygen atoms in total. The Morgan fingerprint density at radius 3 is 3.04 bits per heavy atom. The number of fused-ring (bicyclic) bond motifs is 2. The zero-order valence-electron chi connectivity index (χ0n) is 12.8. The average Bonchev–Trinajstić information content (AvgIpc) is 3.31. The van der Waals surface area contributed by atoms with Crippen molar-refractivity contribution in [2.45, 2.75) is 44.6 Å². The Morgan fingerprint density at radius 2 is 2.09 bits per heavy atom. The number of aromatic nitrogens is 7. The summed E-state index contributed by atoms with van der Waals surface area (Å²) in [5.41, 5.74) is 3.27. The maximum Gasteiger partial charge on any atom is 0.200 e. The molecule has 0 aromatic carbocycles. The summed E-state index contributed by atoms with van der Waals surface area (Å²) in [4.78, 5) is 10.8. The summed E-state index contributed by atoms with van der Waals surface area (Å²) in [6.45, 7) is 0.983. The number of aromatic amines is 1. The van der Waals surface area contributed by atoms with E-state index in [4.69, 9.17) is 4.98 Å². The van der Waals surface area contributed by atoms with Crippen LogP contribution in [0.5, 0.6) is 0 Å². The molecule has 1 unspecified atom stereocenters. The maximum absolute atomic E-state index is 4.89. The topological polar surface area (TPSA) is 87.9 Å². The summed E-state index contributed by atoms with van der Waals surface area (Å²) >= 11 is 0. The Labute approximate surface area is 132 Å². The first-order valence-corrected chi connectivity index (χ1v) is 8.28. The molecule has 23 heavy (non-hydrogen) atoms. The van der Waals surface area contributed by atoms with Gasteiger partial charge in [0.25, 0.3) is 0 Å². The zero-order valence-corrected chi connectivity index (χ0v) is 12.8. The summed E-state index contributed by atoms with van der Waals surface area (Å²) < 4.78 is 1.48. The maximum atomic E-state index is 4.89. The van der Waals surface area contributed by atoms with E-state index in [0.717, 1.165) is 43.9 Å². The van der Waals surface area contributed by atoms with Crippen LogP contribution < -0.4 is 4.90 Å². The second-order valence-corrected chi connectivity index (χ2v) is 6.32. The summed E-state index contributed by atoms with van der Waals surface area (Å²) in [5.74, 6) is 2.00. The van der Waals surface area contributed by atoms with Crippen molar-refractivity contribution in [2.75, 3.05) is 11.4 Å². The largest absolute Gasteiger partial charge is 0.345 e. The highest BCUT2D eigenvalue weighted by Gasteiger charge is 2.31. The Morgan fingerprint density at radius 1 is 1.13 bits per heavy atom. The first-order chi connectivity index (χ1) is 11.4. The number of aryl methyl sites for hydroxylation is 2. The Balaban J connectivity index is 1.50. The minimum Gasteiger partial charge on any atom is -0.345 e. The monoisotopic (exact) mass is 310 g/mol. The minimum absolute atomic E-state index is 0.266. The van der Waals surface area contributed by atoms with Gasteiger partial charge in [-0.25, -0.2) is 4.98 Å². The van der Waals surface area contributed by atoms with E-state index in [2.05, 4.69) is 30.5 Å². The molecule has 1 fully saturated rings. The molecule has 1 aliphatic carbocycles. The van der Waals surface area contributed by atoms with E-state index in [9.17, 15) is 0 Å². The van der Waals surface area contributed by atoms with Crippen LogP contribution in [0.2, 0.25) is 0 Å². The molecule has 1 N–H and O–H groups in total. The quantitative estimate of drug-likeness (QED) is 0.771. The van der Waals surface area contributed by atoms with Gasteiger partial charge in [0.05, 0.1) is 11.7 Å². The van der Waals surface area contributed by atoms with Crippen molar-refractivity contribution in [1.82, 2.24) is 35.2 Å². The molecule has 5 rings (SSSR count). The van der Waals surface area contributed by atoms with Crippen LogP contribution in [0.4, 0.5) is 5.82 Å². The second kappa shape index (κ2) is 5.00. The molecule has 1 atom stereocenters. The fourth-order valence-electron chi connectivity index (χ4n) is 3.75. The van der Waals surface area contributed by atoms with Gasteiger partial charge in [-0.2, -0.15) is 0 Å². The van der Waals surface area contributed by atoms with Crippen molar-refractivity contribution in [3.05, 3.63) is 29.3 Å². The molecular formula is C15H18N8. The molecular weight excluding hydrogens is 292 g/mol. The van der Waals surface area contributed by atoms with Gasteiger partial charge in [0.15, 0.2) is 11.5 Å². The van der Waals surface area contributed by atoms with Gasteiger partial charge in [0.2, 0.25) is 0 Å². The molecule has 8 heteroatoms. The molecule has 3 aromatic rings. The lowest BCUT2D eigenvalue weighted by Crippen LogP contribution is -2.25. The highest BCUT2D eigenvalue weighted by molar-refractivity contribution is 5.46. The van der Waals surface area contributed by atoms with Gasteiger partial charge in [-0.3, -0.25) is 0 Å². The lowest BCUT2D eigenvalue weighted by molar-refractivity contribution is 0.650. The zero-order chi connectivity index (χ0) is 15.2. The van der Waals surface area contributed by atoms with Crippen LogP contribution >= 0.6 is 0 Å². The van der Waals surface area contributed by atoms with E-state index in [-0.39, 0.29) is 6.04 Å². The molecule has 0 bridgehead atoms. The normalized spacial score (nSPS) is 21.0. The summed E-state index contributed by atoms with van der Waals surface area (Å²) in [7, 11) is 0. The third-order valence-electron chi connectivity index (χ3n) is 4.89. The lowest BCUT2D eigenvalue weighted by Gasteiger charge is -2.23. The number of hydrogen-bond acceptors (Lipinski definition) is 6. The van der Waals surface area contributed by atoms with Crippen molar-refractivity contribution < 1.29 is 0 Å². The SMILES string of the molecule is c1cc2nnnn2nc1N1CCCC1c1nc2c([nH]1)CCCC2. The fourth-order valence-corrected chi connectivity index (χ4v) is 3.75. The van der Waals surface area contributed by atoms with E-state index in [0.29, 0.717) is 5.65 Å². The third kappa shape index (κ3) is 2.08. The van der Waals surface area contributed by atoms with Gasteiger partial charge in [-0.1, -0.05) is 0 Å². The molecule has 4 heterocycles. The van der Waals surface area contributed by atoms with Gasteiger partial charge in [-0.15, -0.1) is 14.8 Å². The Hall–Kier alpha value is -2.51. The van der Waals surface area contributed by atoms with Gasteiger partial charge in [0.1, 0.15) is 5.82 Å². The van der Waals surface area contributed by atoms with E-state index in [1.165, 1.54) is 28.9 Å². The van der Waals surface area contributed by atoms with Crippen LogP contribution in [0, 0.1) is 0 Å². The highest BCUT2D eigenvalue weighted by Crippen LogP contribution is 2.35. The molecule has 0 radical (unpaired) electrons. The summed E-state index contributed by atoms with van der Waals surface area (Å²) in [5, 5.41) is 16.0. The number of tetrazole rings is 1. The molecule has 0 spiro atoms. The van der Waals surface area contributed by atoms with Gasteiger partial charge >= 0.3 is 0 Å². The number of H-pyrrole nitrogens is 1. The minimum atomic E-state index is 0.266. The number of nitrogens with zero attached hydrogens (tertiary/aromatic N) is 7. The smallest absolute Gasteiger partial charge is 0.200 e. The fraction of sp³-hybridized carbons (Fsp3) is 0.533. The van der Waals surface area contributed by atoms with E-state index in [1.54, 1.807) is 0 Å². The molecule has 0 saturated carbocycles. The van der Waals surface area contributed by atoms with Crippen molar-refractivity contribution in [3.63, 3.8) is 0 Å². The number of nitrogens with one attached hydrogen (secondary N) is 1. The standard InChI is InChI=1S/C15H18N8/c1-2-5-11-10(4-1)16-15(17-11)12-6-3-9-22(12)14-8-7-13-18-20-21-23(13)19-14/h7-8,12H,1-6,9H2,(H,16,17). The molecule has 1 saturated heterocycles. The van der Waals surface area contributed by atoms with E-state index >= 15 is 0 Å².